The van der Waals surface area contributed by atoms with Crippen LogP contribution in [-0.2, 0) is 13.0 Å². The lowest BCUT2D eigenvalue weighted by molar-refractivity contribution is 0.102. The van der Waals surface area contributed by atoms with Crippen LogP contribution in [0.25, 0.3) is 0 Å². The Bertz CT molecular complexity index is 1070. The number of benzene rings is 3. The molecular formula is C26H28N2O4. The number of carbonyl (C=O) groups is 1. The first-order valence-corrected chi connectivity index (χ1v) is 10.7. The van der Waals surface area contributed by atoms with Gasteiger partial charge in [0.15, 0.2) is 11.5 Å². The molecule has 3 aromatic carbocycles. The average molecular weight is 433 g/mol. The second kappa shape index (κ2) is 9.64. The third-order valence-electron chi connectivity index (χ3n) is 5.67. The smallest absolute Gasteiger partial charge is 0.255 e. The summed E-state index contributed by atoms with van der Waals surface area (Å²) in [5, 5.41) is 2.99. The molecule has 0 unspecified atom stereocenters. The van der Waals surface area contributed by atoms with Gasteiger partial charge in [0.2, 0.25) is 5.75 Å². The number of hydrogen-bond acceptors (Lipinski definition) is 5. The zero-order valence-electron chi connectivity index (χ0n) is 18.7. The van der Waals surface area contributed by atoms with Gasteiger partial charge in [0.05, 0.1) is 14.2 Å². The van der Waals surface area contributed by atoms with Crippen molar-refractivity contribution in [1.82, 2.24) is 0 Å². The minimum Gasteiger partial charge on any atom is -0.493 e. The maximum Gasteiger partial charge on any atom is 0.255 e. The number of methoxy groups -OCH3 is 2. The molecule has 1 N–H and O–H groups in total. The summed E-state index contributed by atoms with van der Waals surface area (Å²) in [6.07, 6.45) is 1.04. The number of amides is 1. The SMILES string of the molecule is CCN1CCc2ccc(NC(=O)c3cc(OC)c(OCc4ccccc4)c(OC)c3)cc21. The van der Waals surface area contributed by atoms with E-state index in [1.54, 1.807) is 26.4 Å². The summed E-state index contributed by atoms with van der Waals surface area (Å²) in [5.41, 5.74) is 4.71. The first kappa shape index (κ1) is 21.6. The van der Waals surface area contributed by atoms with Crippen molar-refractivity contribution in [3.8, 4) is 17.2 Å². The number of fused-ring (bicyclic) bond motifs is 1. The Labute approximate surface area is 188 Å². The van der Waals surface area contributed by atoms with Crippen molar-refractivity contribution < 1.29 is 19.0 Å². The molecule has 0 fully saturated rings. The second-order valence-corrected chi connectivity index (χ2v) is 7.61. The summed E-state index contributed by atoms with van der Waals surface area (Å²) in [6, 6.07) is 19.2. The molecule has 0 bridgehead atoms. The van der Waals surface area contributed by atoms with E-state index in [0.29, 0.717) is 29.4 Å². The summed E-state index contributed by atoms with van der Waals surface area (Å²) in [7, 11) is 3.09. The number of hydrogen-bond donors (Lipinski definition) is 1. The van der Waals surface area contributed by atoms with Crippen molar-refractivity contribution in [3.63, 3.8) is 0 Å². The Morgan fingerprint density at radius 3 is 2.38 bits per heavy atom. The highest BCUT2D eigenvalue weighted by atomic mass is 16.5. The Hall–Kier alpha value is -3.67. The van der Waals surface area contributed by atoms with Gasteiger partial charge >= 0.3 is 0 Å². The number of rotatable bonds is 8. The van der Waals surface area contributed by atoms with Gasteiger partial charge in [0.1, 0.15) is 6.61 Å². The van der Waals surface area contributed by atoms with Crippen LogP contribution < -0.4 is 24.4 Å². The van der Waals surface area contributed by atoms with Crippen LogP contribution in [0.1, 0.15) is 28.4 Å². The summed E-state index contributed by atoms with van der Waals surface area (Å²) in [6.45, 7) is 4.47. The van der Waals surface area contributed by atoms with Gasteiger partial charge in [0, 0.05) is 30.0 Å². The highest BCUT2D eigenvalue weighted by Crippen LogP contribution is 2.39. The highest BCUT2D eigenvalue weighted by Gasteiger charge is 2.20. The van der Waals surface area contributed by atoms with Crippen LogP contribution in [0.15, 0.2) is 60.7 Å². The number of nitrogens with one attached hydrogen (secondary N) is 1. The number of ether oxygens (including phenoxy) is 3. The maximum absolute atomic E-state index is 13.0. The summed E-state index contributed by atoms with van der Waals surface area (Å²) in [4.78, 5) is 15.3. The first-order valence-electron chi connectivity index (χ1n) is 10.7. The van der Waals surface area contributed by atoms with Crippen molar-refractivity contribution in [2.24, 2.45) is 0 Å². The lowest BCUT2D eigenvalue weighted by Gasteiger charge is -2.18. The molecule has 0 atom stereocenters. The van der Waals surface area contributed by atoms with Gasteiger partial charge in [-0.25, -0.2) is 0 Å². The van der Waals surface area contributed by atoms with E-state index in [1.165, 1.54) is 11.3 Å². The Morgan fingerprint density at radius 1 is 1.00 bits per heavy atom. The molecule has 0 aromatic heterocycles. The van der Waals surface area contributed by atoms with Crippen LogP contribution in [0, 0.1) is 0 Å². The fourth-order valence-corrected chi connectivity index (χ4v) is 3.94. The molecule has 0 saturated heterocycles. The fourth-order valence-electron chi connectivity index (χ4n) is 3.94. The first-order chi connectivity index (χ1) is 15.6. The van der Waals surface area contributed by atoms with E-state index in [1.807, 2.05) is 42.5 Å². The van der Waals surface area contributed by atoms with Crippen LogP contribution in [-0.4, -0.2) is 33.2 Å². The van der Waals surface area contributed by atoms with Crippen molar-refractivity contribution in [1.29, 1.82) is 0 Å². The third-order valence-corrected chi connectivity index (χ3v) is 5.67. The van der Waals surface area contributed by atoms with Gasteiger partial charge in [-0.3, -0.25) is 4.79 Å². The van der Waals surface area contributed by atoms with Gasteiger partial charge < -0.3 is 24.4 Å². The van der Waals surface area contributed by atoms with Crippen molar-refractivity contribution in [2.45, 2.75) is 20.0 Å². The monoisotopic (exact) mass is 432 g/mol. The topological polar surface area (TPSA) is 60.0 Å². The van der Waals surface area contributed by atoms with Crippen molar-refractivity contribution in [3.05, 3.63) is 77.4 Å². The zero-order chi connectivity index (χ0) is 22.5. The number of likely N-dealkylation sites (N-methyl/N-ethyl adjacent to an activating group) is 1. The molecular weight excluding hydrogens is 404 g/mol. The van der Waals surface area contributed by atoms with Crippen molar-refractivity contribution >= 4 is 17.3 Å². The van der Waals surface area contributed by atoms with Gasteiger partial charge in [-0.05, 0) is 48.7 Å². The van der Waals surface area contributed by atoms with Crippen LogP contribution in [0.3, 0.4) is 0 Å². The number of carbonyl (C=O) groups excluding carboxylic acids is 1. The summed E-state index contributed by atoms with van der Waals surface area (Å²) >= 11 is 0. The van der Waals surface area contributed by atoms with E-state index in [-0.39, 0.29) is 5.91 Å². The second-order valence-electron chi connectivity index (χ2n) is 7.61. The number of anilines is 2. The lowest BCUT2D eigenvalue weighted by atomic mass is 10.1. The predicted molar refractivity (Wildman–Crippen MR) is 126 cm³/mol. The molecule has 6 nitrogen and oxygen atoms in total. The molecule has 6 heteroatoms. The summed E-state index contributed by atoms with van der Waals surface area (Å²) in [5.74, 6) is 1.11. The minimum absolute atomic E-state index is 0.239. The van der Waals surface area contributed by atoms with Crippen LogP contribution in [0.5, 0.6) is 17.2 Å². The van der Waals surface area contributed by atoms with Gasteiger partial charge in [0.25, 0.3) is 5.91 Å². The molecule has 1 aliphatic heterocycles. The van der Waals surface area contributed by atoms with Crippen LogP contribution in [0.2, 0.25) is 0 Å². The molecule has 32 heavy (non-hydrogen) atoms. The standard InChI is InChI=1S/C26H28N2O4/c1-4-28-13-12-19-10-11-21(16-22(19)28)27-26(29)20-14-23(30-2)25(24(15-20)31-3)32-17-18-8-6-5-7-9-18/h5-11,14-16H,4,12-13,17H2,1-3H3,(H,27,29). The molecule has 1 aliphatic rings. The highest BCUT2D eigenvalue weighted by molar-refractivity contribution is 6.05. The van der Waals surface area contributed by atoms with E-state index in [0.717, 1.165) is 30.8 Å². The minimum atomic E-state index is -0.239. The fraction of sp³-hybridized carbons (Fsp3) is 0.269. The van der Waals surface area contributed by atoms with Crippen LogP contribution >= 0.6 is 0 Å². The molecule has 0 spiro atoms. The van der Waals surface area contributed by atoms with Gasteiger partial charge in [-0.2, -0.15) is 0 Å². The third kappa shape index (κ3) is 4.49. The largest absolute Gasteiger partial charge is 0.493 e. The molecule has 0 radical (unpaired) electrons. The van der Waals surface area contributed by atoms with Gasteiger partial charge in [-0.15, -0.1) is 0 Å². The van der Waals surface area contributed by atoms with Crippen LogP contribution in [0.4, 0.5) is 11.4 Å². The molecule has 1 amide bonds. The van der Waals surface area contributed by atoms with E-state index < -0.39 is 0 Å². The molecule has 166 valence electrons. The lowest BCUT2D eigenvalue weighted by Crippen LogP contribution is -2.19. The molecule has 0 saturated carbocycles. The number of nitrogens with zero attached hydrogens (tertiary/aromatic N) is 1. The van der Waals surface area contributed by atoms with Gasteiger partial charge in [-0.1, -0.05) is 36.4 Å². The maximum atomic E-state index is 13.0. The molecule has 3 aromatic rings. The Morgan fingerprint density at radius 2 is 1.72 bits per heavy atom. The average Bonchev–Trinajstić information content (AvgIpc) is 3.25. The molecule has 4 rings (SSSR count). The van der Waals surface area contributed by atoms with E-state index >= 15 is 0 Å². The van der Waals surface area contributed by atoms with E-state index in [2.05, 4.69) is 23.2 Å². The Kier molecular flexibility index (Phi) is 6.50. The predicted octanol–water partition coefficient (Wildman–Crippen LogP) is 4.92. The summed E-state index contributed by atoms with van der Waals surface area (Å²) < 4.78 is 17.0. The Balaban J connectivity index is 1.55. The van der Waals surface area contributed by atoms with Crippen molar-refractivity contribution in [2.75, 3.05) is 37.5 Å². The molecule has 1 heterocycles. The quantitative estimate of drug-likeness (QED) is 0.548. The zero-order valence-corrected chi connectivity index (χ0v) is 18.7. The molecule has 0 aliphatic carbocycles. The van der Waals surface area contributed by atoms with E-state index in [9.17, 15) is 4.79 Å². The van der Waals surface area contributed by atoms with E-state index in [4.69, 9.17) is 14.2 Å². The normalized spacial score (nSPS) is 12.3.